The maximum Gasteiger partial charge on any atom is 0.125 e. The first-order valence-electron chi connectivity index (χ1n) is 7.49. The summed E-state index contributed by atoms with van der Waals surface area (Å²) in [4.78, 5) is 0. The van der Waals surface area contributed by atoms with Gasteiger partial charge in [-0.25, -0.2) is 0 Å². The second-order valence-corrected chi connectivity index (χ2v) is 6.65. The van der Waals surface area contributed by atoms with Gasteiger partial charge in [0.1, 0.15) is 7.28 Å². The summed E-state index contributed by atoms with van der Waals surface area (Å²) in [6.45, 7) is 11.8. The molecule has 0 radical (unpaired) electrons. The van der Waals surface area contributed by atoms with Gasteiger partial charge in [0, 0.05) is 0 Å². The van der Waals surface area contributed by atoms with Gasteiger partial charge in [-0.2, -0.15) is 0 Å². The molecule has 0 saturated heterocycles. The molecule has 0 aliphatic heterocycles. The van der Waals surface area contributed by atoms with E-state index in [4.69, 9.17) is 0 Å². The smallest absolute Gasteiger partial charge is 0.0718 e. The predicted molar refractivity (Wildman–Crippen MR) is 84.8 cm³/mol. The van der Waals surface area contributed by atoms with Crippen LogP contribution in [0.2, 0.25) is 12.1 Å². The van der Waals surface area contributed by atoms with Gasteiger partial charge in [-0.3, -0.25) is 0 Å². The molecule has 1 aromatic carbocycles. The molecule has 0 aliphatic rings. The Labute approximate surface area is 114 Å². The molecule has 1 rings (SSSR count). The van der Waals surface area contributed by atoms with Gasteiger partial charge in [-0.15, -0.1) is 0 Å². The van der Waals surface area contributed by atoms with Crippen LogP contribution in [0.3, 0.4) is 0 Å². The largest absolute Gasteiger partial charge is 0.125 e. The van der Waals surface area contributed by atoms with E-state index in [1.54, 1.807) is 0 Å². The van der Waals surface area contributed by atoms with E-state index >= 15 is 0 Å². The van der Waals surface area contributed by atoms with Crippen LogP contribution in [-0.2, 0) is 6.42 Å². The van der Waals surface area contributed by atoms with Crippen molar-refractivity contribution in [1.29, 1.82) is 0 Å². The molecule has 1 aromatic rings. The molecule has 1 heteroatoms. The Bertz CT molecular complexity index is 327. The van der Waals surface area contributed by atoms with Crippen LogP contribution in [0.15, 0.2) is 30.3 Å². The van der Waals surface area contributed by atoms with Crippen molar-refractivity contribution in [3.63, 3.8) is 0 Å². The van der Waals surface area contributed by atoms with Gasteiger partial charge in [0.2, 0.25) is 0 Å². The Balaban J connectivity index is 2.48. The van der Waals surface area contributed by atoms with E-state index in [1.165, 1.54) is 32.0 Å². The minimum atomic E-state index is 0.476. The van der Waals surface area contributed by atoms with Crippen molar-refractivity contribution in [3.05, 3.63) is 35.9 Å². The van der Waals surface area contributed by atoms with Crippen molar-refractivity contribution in [3.8, 4) is 0 Å². The highest BCUT2D eigenvalue weighted by molar-refractivity contribution is 6.37. The normalized spacial score (nSPS) is 13.7. The third-order valence-electron chi connectivity index (χ3n) is 4.70. The van der Waals surface area contributed by atoms with Crippen molar-refractivity contribution in [2.75, 3.05) is 0 Å². The zero-order valence-corrected chi connectivity index (χ0v) is 12.9. The van der Waals surface area contributed by atoms with Crippen molar-refractivity contribution in [1.82, 2.24) is 0 Å². The first kappa shape index (κ1) is 15.3. The number of hydrogen-bond donors (Lipinski definition) is 0. The Morgan fingerprint density at radius 2 is 1.72 bits per heavy atom. The lowest BCUT2D eigenvalue weighted by molar-refractivity contribution is 0.282. The fourth-order valence-corrected chi connectivity index (χ4v) is 2.26. The number of rotatable bonds is 7. The highest BCUT2D eigenvalue weighted by Crippen LogP contribution is 2.32. The summed E-state index contributed by atoms with van der Waals surface area (Å²) in [6, 6.07) is 10.9. The third-order valence-corrected chi connectivity index (χ3v) is 4.70. The Hall–Kier alpha value is -0.715. The molecule has 18 heavy (non-hydrogen) atoms. The van der Waals surface area contributed by atoms with Gasteiger partial charge in [-0.05, 0) is 23.3 Å². The van der Waals surface area contributed by atoms with E-state index in [0.29, 0.717) is 5.41 Å². The second-order valence-electron chi connectivity index (χ2n) is 6.65. The molecule has 1 atom stereocenters. The van der Waals surface area contributed by atoms with Crippen LogP contribution in [0.4, 0.5) is 0 Å². The molecule has 0 nitrogen and oxygen atoms in total. The van der Waals surface area contributed by atoms with E-state index in [2.05, 4.69) is 65.0 Å². The molecule has 0 spiro atoms. The number of benzene rings is 1. The molecular formula is C17H29B. The third kappa shape index (κ3) is 4.88. The first-order valence-corrected chi connectivity index (χ1v) is 7.49. The molecule has 100 valence electrons. The summed E-state index contributed by atoms with van der Waals surface area (Å²) >= 11 is 0. The van der Waals surface area contributed by atoms with Crippen molar-refractivity contribution in [2.24, 2.45) is 11.3 Å². The zero-order chi connectivity index (χ0) is 13.6. The summed E-state index contributed by atoms with van der Waals surface area (Å²) < 4.78 is 0. The van der Waals surface area contributed by atoms with Crippen LogP contribution >= 0.6 is 0 Å². The summed E-state index contributed by atoms with van der Waals surface area (Å²) in [6.07, 6.45) is 3.88. The maximum atomic E-state index is 2.41. The Kier molecular flexibility index (Phi) is 5.98. The lowest BCUT2D eigenvalue weighted by Gasteiger charge is -2.30. The lowest BCUT2D eigenvalue weighted by Crippen LogP contribution is -2.23. The first-order chi connectivity index (χ1) is 8.45. The molecular weight excluding hydrogens is 215 g/mol. The van der Waals surface area contributed by atoms with Crippen LogP contribution in [0.25, 0.3) is 0 Å². The van der Waals surface area contributed by atoms with Crippen molar-refractivity contribution in [2.45, 2.75) is 59.6 Å². The zero-order valence-electron chi connectivity index (χ0n) is 12.9. The molecule has 0 bridgehead atoms. The summed E-state index contributed by atoms with van der Waals surface area (Å²) in [5.74, 6) is 1.61. The molecule has 0 aromatic heterocycles. The number of hydrogen-bond acceptors (Lipinski definition) is 0. The Morgan fingerprint density at radius 1 is 1.11 bits per heavy atom. The van der Waals surface area contributed by atoms with Crippen LogP contribution in [-0.4, -0.2) is 7.28 Å². The fraction of sp³-hybridized carbons (Fsp3) is 0.647. The summed E-state index contributed by atoms with van der Waals surface area (Å²) in [7, 11) is 1.36. The molecule has 0 N–H and O–H groups in total. The maximum absolute atomic E-state index is 2.41. The quantitative estimate of drug-likeness (QED) is 0.594. The highest BCUT2D eigenvalue weighted by atomic mass is 14.2. The van der Waals surface area contributed by atoms with E-state index in [1.807, 2.05) is 0 Å². The van der Waals surface area contributed by atoms with Crippen LogP contribution in [0, 0.1) is 11.3 Å². The molecule has 0 fully saturated rings. The van der Waals surface area contributed by atoms with Crippen LogP contribution in [0.5, 0.6) is 0 Å². The minimum absolute atomic E-state index is 0.476. The van der Waals surface area contributed by atoms with Crippen molar-refractivity contribution < 1.29 is 0 Å². The minimum Gasteiger partial charge on any atom is -0.0718 e. The molecule has 0 heterocycles. The van der Waals surface area contributed by atoms with Gasteiger partial charge in [0.25, 0.3) is 0 Å². The average molecular weight is 244 g/mol. The average Bonchev–Trinajstić information content (AvgIpc) is 2.35. The monoisotopic (exact) mass is 244 g/mol. The standard InChI is InChI=1S/C17H29B/c1-6-16(12-15-10-8-7-9-11-15)18-13-17(4,5)14(2)3/h7-11,14,16,18H,6,12-13H2,1-5H3. The van der Waals surface area contributed by atoms with Gasteiger partial charge in [0.05, 0.1) is 0 Å². The second kappa shape index (κ2) is 7.02. The van der Waals surface area contributed by atoms with Crippen LogP contribution in [0.1, 0.15) is 46.6 Å². The van der Waals surface area contributed by atoms with Gasteiger partial charge in [-0.1, -0.05) is 83.5 Å². The lowest BCUT2D eigenvalue weighted by atomic mass is 9.52. The highest BCUT2D eigenvalue weighted by Gasteiger charge is 2.24. The predicted octanol–water partition coefficient (Wildman–Crippen LogP) is 4.96. The van der Waals surface area contributed by atoms with Gasteiger partial charge >= 0.3 is 0 Å². The van der Waals surface area contributed by atoms with Gasteiger partial charge in [0.15, 0.2) is 0 Å². The summed E-state index contributed by atoms with van der Waals surface area (Å²) in [5.41, 5.74) is 1.97. The van der Waals surface area contributed by atoms with E-state index < -0.39 is 0 Å². The van der Waals surface area contributed by atoms with E-state index in [9.17, 15) is 0 Å². The van der Waals surface area contributed by atoms with E-state index in [0.717, 1.165) is 11.7 Å². The van der Waals surface area contributed by atoms with E-state index in [-0.39, 0.29) is 0 Å². The van der Waals surface area contributed by atoms with Crippen molar-refractivity contribution >= 4 is 7.28 Å². The molecule has 0 amide bonds. The van der Waals surface area contributed by atoms with Gasteiger partial charge < -0.3 is 0 Å². The molecule has 0 saturated carbocycles. The Morgan fingerprint density at radius 3 is 2.22 bits per heavy atom. The topological polar surface area (TPSA) is 0 Å². The summed E-state index contributed by atoms with van der Waals surface area (Å²) in [5, 5.41) is 0. The fourth-order valence-electron chi connectivity index (χ4n) is 2.26. The molecule has 0 aliphatic carbocycles. The molecule has 1 unspecified atom stereocenters. The SMILES string of the molecule is CCC(BCC(C)(C)C(C)C)Cc1ccccc1. The van der Waals surface area contributed by atoms with Crippen LogP contribution < -0.4 is 0 Å².